The number of benzene rings is 2. The molecule has 0 saturated heterocycles. The van der Waals surface area contributed by atoms with Crippen molar-refractivity contribution in [1.82, 2.24) is 0 Å². The molecule has 2 N–H and O–H groups in total. The lowest BCUT2D eigenvalue weighted by molar-refractivity contribution is 0.787. The summed E-state index contributed by atoms with van der Waals surface area (Å²) in [4.78, 5) is 2.32. The van der Waals surface area contributed by atoms with E-state index in [0.717, 1.165) is 13.1 Å². The van der Waals surface area contributed by atoms with Crippen molar-refractivity contribution >= 4 is 5.69 Å². The van der Waals surface area contributed by atoms with E-state index < -0.39 is 0 Å². The molecular formula is C16H20N2. The zero-order valence-electron chi connectivity index (χ0n) is 10.8. The van der Waals surface area contributed by atoms with Crippen LogP contribution in [0.3, 0.4) is 0 Å². The Bertz CT molecular complexity index is 479. The fraction of sp³-hybridized carbons (Fsp3) is 0.250. The minimum Gasteiger partial charge on any atom is -0.366 e. The smallest absolute Gasteiger partial charge is 0.0432 e. The van der Waals surface area contributed by atoms with Crippen LogP contribution in [0.2, 0.25) is 0 Å². The van der Waals surface area contributed by atoms with Crippen molar-refractivity contribution in [1.29, 1.82) is 0 Å². The zero-order chi connectivity index (χ0) is 12.8. The fourth-order valence-corrected chi connectivity index (χ4v) is 2.09. The van der Waals surface area contributed by atoms with Gasteiger partial charge in [0.15, 0.2) is 0 Å². The number of rotatable bonds is 5. The molecule has 2 aromatic carbocycles. The van der Waals surface area contributed by atoms with E-state index in [-0.39, 0.29) is 0 Å². The third-order valence-corrected chi connectivity index (χ3v) is 3.14. The van der Waals surface area contributed by atoms with Crippen LogP contribution in [0, 0.1) is 6.92 Å². The summed E-state index contributed by atoms with van der Waals surface area (Å²) in [6.07, 6.45) is 0. The Morgan fingerprint density at radius 3 is 2.28 bits per heavy atom. The van der Waals surface area contributed by atoms with Gasteiger partial charge in [-0.15, -0.1) is 0 Å². The quantitative estimate of drug-likeness (QED) is 0.870. The van der Waals surface area contributed by atoms with Gasteiger partial charge in [0.25, 0.3) is 0 Å². The van der Waals surface area contributed by atoms with Crippen molar-refractivity contribution in [3.63, 3.8) is 0 Å². The van der Waals surface area contributed by atoms with Crippen molar-refractivity contribution in [2.24, 2.45) is 5.73 Å². The molecule has 0 saturated carbocycles. The molecule has 0 heterocycles. The Labute approximate surface area is 109 Å². The number of hydrogen-bond acceptors (Lipinski definition) is 2. The highest BCUT2D eigenvalue weighted by Gasteiger charge is 2.07. The van der Waals surface area contributed by atoms with E-state index in [4.69, 9.17) is 5.73 Å². The van der Waals surface area contributed by atoms with Crippen LogP contribution in [0.4, 0.5) is 5.69 Å². The number of aryl methyl sites for hydroxylation is 1. The van der Waals surface area contributed by atoms with Crippen LogP contribution in [0.25, 0.3) is 0 Å². The predicted molar refractivity (Wildman–Crippen MR) is 77.7 cm³/mol. The summed E-state index contributed by atoms with van der Waals surface area (Å²) in [5.74, 6) is 0. The second-order valence-corrected chi connectivity index (χ2v) is 4.47. The Kier molecular flexibility index (Phi) is 4.37. The maximum atomic E-state index is 5.72. The van der Waals surface area contributed by atoms with Crippen LogP contribution < -0.4 is 10.6 Å². The van der Waals surface area contributed by atoms with E-state index in [1.54, 1.807) is 0 Å². The summed E-state index contributed by atoms with van der Waals surface area (Å²) < 4.78 is 0. The molecule has 0 atom stereocenters. The minimum absolute atomic E-state index is 0.667. The molecule has 0 aliphatic rings. The zero-order valence-corrected chi connectivity index (χ0v) is 10.8. The summed E-state index contributed by atoms with van der Waals surface area (Å²) in [5.41, 5.74) is 9.63. The summed E-state index contributed by atoms with van der Waals surface area (Å²) in [5, 5.41) is 0. The molecule has 94 valence electrons. The Hall–Kier alpha value is -1.80. The van der Waals surface area contributed by atoms with Crippen molar-refractivity contribution in [2.45, 2.75) is 13.5 Å². The second kappa shape index (κ2) is 6.22. The van der Waals surface area contributed by atoms with E-state index in [0.29, 0.717) is 6.54 Å². The predicted octanol–water partition coefficient (Wildman–Crippen LogP) is 2.96. The molecule has 0 aliphatic carbocycles. The van der Waals surface area contributed by atoms with Crippen LogP contribution in [0.15, 0.2) is 54.6 Å². The number of anilines is 1. The topological polar surface area (TPSA) is 29.3 Å². The van der Waals surface area contributed by atoms with E-state index in [1.807, 2.05) is 6.07 Å². The van der Waals surface area contributed by atoms with Crippen LogP contribution in [0.1, 0.15) is 11.1 Å². The molecule has 2 rings (SSSR count). The second-order valence-electron chi connectivity index (χ2n) is 4.47. The van der Waals surface area contributed by atoms with Crippen molar-refractivity contribution in [3.8, 4) is 0 Å². The largest absolute Gasteiger partial charge is 0.366 e. The molecular weight excluding hydrogens is 220 g/mol. The molecule has 0 fully saturated rings. The average Bonchev–Trinajstić information content (AvgIpc) is 2.42. The summed E-state index contributed by atoms with van der Waals surface area (Å²) >= 11 is 0. The molecule has 0 aliphatic heterocycles. The molecule has 0 bridgehead atoms. The van der Waals surface area contributed by atoms with E-state index in [1.165, 1.54) is 16.8 Å². The maximum Gasteiger partial charge on any atom is 0.0432 e. The van der Waals surface area contributed by atoms with Gasteiger partial charge in [-0.2, -0.15) is 0 Å². The molecule has 18 heavy (non-hydrogen) atoms. The SMILES string of the molecule is Cc1ccccc1CN(CCN)c1ccccc1. The molecule has 2 heteroatoms. The Balaban J connectivity index is 2.19. The third-order valence-electron chi connectivity index (χ3n) is 3.14. The number of hydrogen-bond donors (Lipinski definition) is 1. The van der Waals surface area contributed by atoms with E-state index >= 15 is 0 Å². The standard InChI is InChI=1S/C16H20N2/c1-14-7-5-6-8-15(14)13-18(12-11-17)16-9-3-2-4-10-16/h2-10H,11-13,17H2,1H3. The number of nitrogens with two attached hydrogens (primary N) is 1. The van der Waals surface area contributed by atoms with Gasteiger partial charge >= 0.3 is 0 Å². The van der Waals surface area contributed by atoms with Gasteiger partial charge in [0.05, 0.1) is 0 Å². The summed E-state index contributed by atoms with van der Waals surface area (Å²) in [7, 11) is 0. The monoisotopic (exact) mass is 240 g/mol. The van der Waals surface area contributed by atoms with Crippen molar-refractivity contribution < 1.29 is 0 Å². The normalized spacial score (nSPS) is 10.3. The van der Waals surface area contributed by atoms with Gasteiger partial charge in [0.1, 0.15) is 0 Å². The molecule has 0 unspecified atom stereocenters. The fourth-order valence-electron chi connectivity index (χ4n) is 2.09. The summed E-state index contributed by atoms with van der Waals surface area (Å²) in [6, 6.07) is 18.9. The molecule has 0 aromatic heterocycles. The Morgan fingerprint density at radius 2 is 1.61 bits per heavy atom. The summed E-state index contributed by atoms with van der Waals surface area (Å²) in [6.45, 7) is 4.61. The minimum atomic E-state index is 0.667. The van der Waals surface area contributed by atoms with Gasteiger partial charge in [0, 0.05) is 25.3 Å². The van der Waals surface area contributed by atoms with Gasteiger partial charge < -0.3 is 10.6 Å². The molecule has 0 radical (unpaired) electrons. The van der Waals surface area contributed by atoms with Gasteiger partial charge in [-0.05, 0) is 30.2 Å². The van der Waals surface area contributed by atoms with Crippen LogP contribution in [0.5, 0.6) is 0 Å². The van der Waals surface area contributed by atoms with E-state index in [9.17, 15) is 0 Å². The van der Waals surface area contributed by atoms with Crippen molar-refractivity contribution in [3.05, 3.63) is 65.7 Å². The lowest BCUT2D eigenvalue weighted by Crippen LogP contribution is -2.29. The van der Waals surface area contributed by atoms with Crippen LogP contribution >= 0.6 is 0 Å². The highest BCUT2D eigenvalue weighted by atomic mass is 15.1. The van der Waals surface area contributed by atoms with Gasteiger partial charge in [0.2, 0.25) is 0 Å². The van der Waals surface area contributed by atoms with Crippen LogP contribution in [-0.4, -0.2) is 13.1 Å². The molecule has 2 nitrogen and oxygen atoms in total. The number of para-hydroxylation sites is 1. The number of nitrogens with zero attached hydrogens (tertiary/aromatic N) is 1. The first-order valence-corrected chi connectivity index (χ1v) is 6.36. The first-order chi connectivity index (χ1) is 8.81. The first-order valence-electron chi connectivity index (χ1n) is 6.36. The lowest BCUT2D eigenvalue weighted by Gasteiger charge is -2.25. The van der Waals surface area contributed by atoms with Crippen LogP contribution in [-0.2, 0) is 6.54 Å². The van der Waals surface area contributed by atoms with Crippen molar-refractivity contribution in [2.75, 3.05) is 18.0 Å². The maximum absolute atomic E-state index is 5.72. The van der Waals surface area contributed by atoms with E-state index in [2.05, 4.69) is 60.4 Å². The van der Waals surface area contributed by atoms with Gasteiger partial charge in [-0.3, -0.25) is 0 Å². The molecule has 2 aromatic rings. The lowest BCUT2D eigenvalue weighted by atomic mass is 10.1. The molecule has 0 amide bonds. The first kappa shape index (κ1) is 12.7. The highest BCUT2D eigenvalue weighted by Crippen LogP contribution is 2.17. The molecule has 0 spiro atoms. The third kappa shape index (κ3) is 3.11. The Morgan fingerprint density at radius 1 is 0.944 bits per heavy atom. The van der Waals surface area contributed by atoms with Gasteiger partial charge in [-0.1, -0.05) is 42.5 Å². The van der Waals surface area contributed by atoms with Gasteiger partial charge in [-0.25, -0.2) is 0 Å². The highest BCUT2D eigenvalue weighted by molar-refractivity contribution is 5.47. The average molecular weight is 240 g/mol.